The van der Waals surface area contributed by atoms with Crippen LogP contribution in [0.25, 0.3) is 0 Å². The van der Waals surface area contributed by atoms with Crippen LogP contribution < -0.4 is 5.73 Å². The van der Waals surface area contributed by atoms with Gasteiger partial charge in [-0.2, -0.15) is 0 Å². The molecule has 0 saturated carbocycles. The summed E-state index contributed by atoms with van der Waals surface area (Å²) in [6.45, 7) is 2.77. The Morgan fingerprint density at radius 1 is 1.42 bits per heavy atom. The van der Waals surface area contributed by atoms with Gasteiger partial charge in [0.1, 0.15) is 5.82 Å². The molecule has 0 amide bonds. The monoisotopic (exact) mass is 259 g/mol. The minimum atomic E-state index is 0.0227. The Labute approximate surface area is 114 Å². The topological polar surface area (TPSA) is 60.0 Å². The standard InChI is InChI=1S/C14H21N5/c1-11(15)14(12-5-4-6-16-9-12)19(3)10-13-17-7-8-18(13)2/h4-9,11,14H,10,15H2,1-3H3. The van der Waals surface area contributed by atoms with Gasteiger partial charge in [-0.3, -0.25) is 9.88 Å². The molecule has 2 unspecified atom stereocenters. The summed E-state index contributed by atoms with van der Waals surface area (Å²) in [7, 11) is 4.07. The second-order valence-electron chi connectivity index (χ2n) is 4.96. The molecule has 2 heterocycles. The predicted molar refractivity (Wildman–Crippen MR) is 75.3 cm³/mol. The van der Waals surface area contributed by atoms with Crippen LogP contribution in [0.5, 0.6) is 0 Å². The van der Waals surface area contributed by atoms with E-state index in [1.165, 1.54) is 0 Å². The first-order valence-corrected chi connectivity index (χ1v) is 6.41. The van der Waals surface area contributed by atoms with Crippen LogP contribution >= 0.6 is 0 Å². The molecule has 5 nitrogen and oxygen atoms in total. The smallest absolute Gasteiger partial charge is 0.122 e. The average Bonchev–Trinajstić information content (AvgIpc) is 2.76. The Bertz CT molecular complexity index is 506. The molecule has 0 aliphatic rings. The van der Waals surface area contributed by atoms with Gasteiger partial charge in [-0.15, -0.1) is 0 Å². The van der Waals surface area contributed by atoms with Gasteiger partial charge in [0.15, 0.2) is 0 Å². The van der Waals surface area contributed by atoms with E-state index in [-0.39, 0.29) is 12.1 Å². The maximum absolute atomic E-state index is 6.14. The van der Waals surface area contributed by atoms with Gasteiger partial charge in [0, 0.05) is 37.9 Å². The maximum atomic E-state index is 6.14. The van der Waals surface area contributed by atoms with Crippen LogP contribution in [-0.4, -0.2) is 32.5 Å². The number of nitrogens with two attached hydrogens (primary N) is 1. The lowest BCUT2D eigenvalue weighted by Crippen LogP contribution is -2.37. The molecule has 5 heteroatoms. The molecule has 0 radical (unpaired) electrons. The molecule has 2 N–H and O–H groups in total. The van der Waals surface area contributed by atoms with Crippen molar-refractivity contribution >= 4 is 0 Å². The Hall–Kier alpha value is -1.72. The SMILES string of the molecule is CC(N)C(c1cccnc1)N(C)Cc1nccn1C. The Morgan fingerprint density at radius 2 is 2.21 bits per heavy atom. The lowest BCUT2D eigenvalue weighted by molar-refractivity contribution is 0.204. The van der Waals surface area contributed by atoms with Crippen molar-refractivity contribution in [2.45, 2.75) is 25.6 Å². The van der Waals surface area contributed by atoms with Crippen LogP contribution in [0.4, 0.5) is 0 Å². The quantitative estimate of drug-likeness (QED) is 0.880. The van der Waals surface area contributed by atoms with E-state index in [1.807, 2.05) is 43.2 Å². The van der Waals surface area contributed by atoms with Gasteiger partial charge in [-0.25, -0.2) is 4.98 Å². The number of hydrogen-bond donors (Lipinski definition) is 1. The third-order valence-corrected chi connectivity index (χ3v) is 3.31. The molecule has 0 saturated heterocycles. The van der Waals surface area contributed by atoms with Crippen molar-refractivity contribution in [3.05, 3.63) is 48.3 Å². The summed E-state index contributed by atoms with van der Waals surface area (Å²) in [5, 5.41) is 0. The minimum absolute atomic E-state index is 0.0227. The molecule has 0 aromatic carbocycles. The number of aryl methyl sites for hydroxylation is 1. The fraction of sp³-hybridized carbons (Fsp3) is 0.429. The largest absolute Gasteiger partial charge is 0.337 e. The van der Waals surface area contributed by atoms with E-state index in [9.17, 15) is 0 Å². The third-order valence-electron chi connectivity index (χ3n) is 3.31. The van der Waals surface area contributed by atoms with Crippen LogP contribution in [0, 0.1) is 0 Å². The van der Waals surface area contributed by atoms with Gasteiger partial charge in [-0.1, -0.05) is 6.07 Å². The Morgan fingerprint density at radius 3 is 2.74 bits per heavy atom. The zero-order chi connectivity index (χ0) is 13.8. The molecule has 2 aromatic rings. The molecule has 0 bridgehead atoms. The van der Waals surface area contributed by atoms with Crippen molar-refractivity contribution in [1.82, 2.24) is 19.4 Å². The number of nitrogens with zero attached hydrogens (tertiary/aromatic N) is 4. The normalized spacial score (nSPS) is 14.6. The predicted octanol–water partition coefficient (Wildman–Crippen LogP) is 1.34. The maximum Gasteiger partial charge on any atom is 0.122 e. The number of aromatic nitrogens is 3. The molecule has 0 aliphatic carbocycles. The van der Waals surface area contributed by atoms with E-state index < -0.39 is 0 Å². The number of hydrogen-bond acceptors (Lipinski definition) is 4. The summed E-state index contributed by atoms with van der Waals surface area (Å²) in [5.41, 5.74) is 7.27. The van der Waals surface area contributed by atoms with Gasteiger partial charge in [0.2, 0.25) is 0 Å². The average molecular weight is 259 g/mol. The number of likely N-dealkylation sites (N-methyl/N-ethyl adjacent to an activating group) is 1. The first-order valence-electron chi connectivity index (χ1n) is 6.41. The third kappa shape index (κ3) is 3.19. The van der Waals surface area contributed by atoms with Crippen LogP contribution in [0.2, 0.25) is 0 Å². The Balaban J connectivity index is 2.18. The second kappa shape index (κ2) is 5.95. The summed E-state index contributed by atoms with van der Waals surface area (Å²) in [6.07, 6.45) is 7.42. The van der Waals surface area contributed by atoms with Gasteiger partial charge < -0.3 is 10.3 Å². The Kier molecular flexibility index (Phi) is 4.29. The molecule has 0 aliphatic heterocycles. The van der Waals surface area contributed by atoms with Gasteiger partial charge in [-0.05, 0) is 25.6 Å². The molecule has 0 fully saturated rings. The minimum Gasteiger partial charge on any atom is -0.337 e. The van der Waals surface area contributed by atoms with E-state index in [1.54, 1.807) is 6.20 Å². The van der Waals surface area contributed by atoms with Crippen molar-refractivity contribution in [1.29, 1.82) is 0 Å². The molecule has 102 valence electrons. The summed E-state index contributed by atoms with van der Waals surface area (Å²) >= 11 is 0. The van der Waals surface area contributed by atoms with Gasteiger partial charge >= 0.3 is 0 Å². The fourth-order valence-electron chi connectivity index (χ4n) is 2.38. The van der Waals surface area contributed by atoms with Crippen molar-refractivity contribution in [2.75, 3.05) is 7.05 Å². The molecule has 2 rings (SSSR count). The van der Waals surface area contributed by atoms with Crippen molar-refractivity contribution in [3.63, 3.8) is 0 Å². The highest BCUT2D eigenvalue weighted by molar-refractivity contribution is 5.16. The first kappa shape index (κ1) is 13.7. The lowest BCUT2D eigenvalue weighted by atomic mass is 10.0. The highest BCUT2D eigenvalue weighted by Gasteiger charge is 2.22. The zero-order valence-corrected chi connectivity index (χ0v) is 11.7. The highest BCUT2D eigenvalue weighted by Crippen LogP contribution is 2.22. The van der Waals surface area contributed by atoms with E-state index in [2.05, 4.69) is 28.0 Å². The van der Waals surface area contributed by atoms with Crippen molar-refractivity contribution in [3.8, 4) is 0 Å². The van der Waals surface area contributed by atoms with E-state index in [4.69, 9.17) is 5.73 Å². The van der Waals surface area contributed by atoms with E-state index >= 15 is 0 Å². The van der Waals surface area contributed by atoms with Crippen molar-refractivity contribution < 1.29 is 0 Å². The lowest BCUT2D eigenvalue weighted by Gasteiger charge is -2.30. The summed E-state index contributed by atoms with van der Waals surface area (Å²) in [4.78, 5) is 10.8. The van der Waals surface area contributed by atoms with Crippen LogP contribution in [-0.2, 0) is 13.6 Å². The van der Waals surface area contributed by atoms with Crippen molar-refractivity contribution in [2.24, 2.45) is 12.8 Å². The zero-order valence-electron chi connectivity index (χ0n) is 11.7. The van der Waals surface area contributed by atoms with E-state index in [0.717, 1.165) is 17.9 Å². The molecule has 2 aromatic heterocycles. The van der Waals surface area contributed by atoms with E-state index in [0.29, 0.717) is 0 Å². The van der Waals surface area contributed by atoms with Gasteiger partial charge in [0.05, 0.1) is 12.6 Å². The second-order valence-corrected chi connectivity index (χ2v) is 4.96. The summed E-state index contributed by atoms with van der Waals surface area (Å²) in [6, 6.07) is 4.16. The van der Waals surface area contributed by atoms with Gasteiger partial charge in [0.25, 0.3) is 0 Å². The van der Waals surface area contributed by atoms with Crippen LogP contribution in [0.15, 0.2) is 36.9 Å². The number of pyridine rings is 1. The number of rotatable bonds is 5. The summed E-state index contributed by atoms with van der Waals surface area (Å²) in [5.74, 6) is 1.03. The molecule has 19 heavy (non-hydrogen) atoms. The first-order chi connectivity index (χ1) is 9.09. The molecular weight excluding hydrogens is 238 g/mol. The van der Waals surface area contributed by atoms with Crippen LogP contribution in [0.3, 0.4) is 0 Å². The number of imidazole rings is 1. The fourth-order valence-corrected chi connectivity index (χ4v) is 2.38. The molecular formula is C14H21N5. The van der Waals surface area contributed by atoms with Crippen LogP contribution in [0.1, 0.15) is 24.4 Å². The molecule has 0 spiro atoms. The summed E-state index contributed by atoms with van der Waals surface area (Å²) < 4.78 is 2.03. The molecule has 2 atom stereocenters. The highest BCUT2D eigenvalue weighted by atomic mass is 15.2.